The maximum atomic E-state index is 13.4. The van der Waals surface area contributed by atoms with E-state index in [2.05, 4.69) is 9.72 Å². The molecule has 3 rings (SSSR count). The lowest BCUT2D eigenvalue weighted by Gasteiger charge is -2.26. The summed E-state index contributed by atoms with van der Waals surface area (Å²) in [6.07, 6.45) is -5.74. The molecule has 29 heavy (non-hydrogen) atoms. The van der Waals surface area contributed by atoms with Gasteiger partial charge >= 0.3 is 12.5 Å². The Balaban J connectivity index is 1.86. The number of benzene rings is 1. The molecule has 0 spiro atoms. The van der Waals surface area contributed by atoms with Crippen LogP contribution in [0.1, 0.15) is 28.9 Å². The van der Waals surface area contributed by atoms with Crippen LogP contribution in [0, 0.1) is 0 Å². The monoisotopic (exact) mass is 412 g/mol. The first-order chi connectivity index (χ1) is 13.9. The van der Waals surface area contributed by atoms with Gasteiger partial charge in [0.05, 0.1) is 23.9 Å². The zero-order valence-electron chi connectivity index (χ0n) is 15.4. The number of amides is 1. The number of pyridine rings is 1. The minimum Gasteiger partial charge on any atom is -0.427 e. The zero-order valence-corrected chi connectivity index (χ0v) is 15.4. The second-order valence-electron chi connectivity index (χ2n) is 6.60. The summed E-state index contributed by atoms with van der Waals surface area (Å²) in [6.45, 7) is 0.907. The molecule has 0 radical (unpaired) electrons. The lowest BCUT2D eigenvalue weighted by atomic mass is 10.1. The number of hydrogen-bond acceptors (Lipinski definition) is 4. The van der Waals surface area contributed by atoms with Crippen molar-refractivity contribution in [2.24, 2.45) is 0 Å². The molecule has 2 aromatic rings. The molecule has 1 unspecified atom stereocenters. The topological polar surface area (TPSA) is 51.7 Å². The van der Waals surface area contributed by atoms with Crippen LogP contribution in [0.15, 0.2) is 48.7 Å². The van der Waals surface area contributed by atoms with Crippen molar-refractivity contribution in [2.45, 2.75) is 38.0 Å². The molecule has 156 valence electrons. The third kappa shape index (κ3) is 5.44. The molecule has 0 bridgehead atoms. The molecule has 1 aromatic carbocycles. The van der Waals surface area contributed by atoms with E-state index in [0.29, 0.717) is 12.3 Å². The third-order valence-corrected chi connectivity index (χ3v) is 4.43. The third-order valence-electron chi connectivity index (χ3n) is 4.43. The van der Waals surface area contributed by atoms with Crippen molar-refractivity contribution >= 4 is 5.91 Å². The minimum absolute atomic E-state index is 0.110. The van der Waals surface area contributed by atoms with Gasteiger partial charge in [-0.15, -0.1) is 0 Å². The molecule has 0 saturated carbocycles. The molecule has 1 aliphatic rings. The maximum Gasteiger partial charge on any atom is 0.461 e. The van der Waals surface area contributed by atoms with E-state index in [9.17, 15) is 22.4 Å². The van der Waals surface area contributed by atoms with Crippen molar-refractivity contribution in [3.05, 3.63) is 59.9 Å². The van der Waals surface area contributed by atoms with Crippen LogP contribution >= 0.6 is 0 Å². The standard InChI is InChI=1S/C20H20F4N2O3/c21-19(22)20(23,24)29-17-9-2-1-8-16(17)18(27)26(13-15-7-5-11-28-15)12-14-6-3-4-10-25-14/h1-4,6,8-10,15,19H,5,7,11-13H2. The maximum absolute atomic E-state index is 13.4. The van der Waals surface area contributed by atoms with E-state index in [1.165, 1.54) is 23.1 Å². The summed E-state index contributed by atoms with van der Waals surface area (Å²) < 4.78 is 61.7. The molecule has 5 nitrogen and oxygen atoms in total. The Kier molecular flexibility index (Phi) is 6.68. The van der Waals surface area contributed by atoms with Crippen molar-refractivity contribution in [1.82, 2.24) is 9.88 Å². The van der Waals surface area contributed by atoms with Crippen molar-refractivity contribution < 1.29 is 31.8 Å². The fourth-order valence-corrected chi connectivity index (χ4v) is 3.03. The number of nitrogens with zero attached hydrogens (tertiary/aromatic N) is 2. The lowest BCUT2D eigenvalue weighted by molar-refractivity contribution is -0.253. The summed E-state index contributed by atoms with van der Waals surface area (Å²) in [5, 5.41) is 0. The van der Waals surface area contributed by atoms with Gasteiger partial charge in [-0.1, -0.05) is 18.2 Å². The quantitative estimate of drug-likeness (QED) is 0.612. The zero-order chi connectivity index (χ0) is 20.9. The normalized spacial score (nSPS) is 16.8. The largest absolute Gasteiger partial charge is 0.461 e. The molecule has 1 amide bonds. The summed E-state index contributed by atoms with van der Waals surface area (Å²) in [5.74, 6) is -1.24. The van der Waals surface area contributed by atoms with E-state index in [4.69, 9.17) is 4.74 Å². The Hall–Kier alpha value is -2.68. The second-order valence-corrected chi connectivity index (χ2v) is 6.60. The van der Waals surface area contributed by atoms with E-state index in [0.717, 1.165) is 18.9 Å². The molecule has 1 aromatic heterocycles. The van der Waals surface area contributed by atoms with E-state index < -0.39 is 24.2 Å². The van der Waals surface area contributed by atoms with Gasteiger partial charge in [-0.2, -0.15) is 17.6 Å². The van der Waals surface area contributed by atoms with Gasteiger partial charge in [-0.3, -0.25) is 9.78 Å². The number of carbonyl (C=O) groups excluding carboxylic acids is 1. The number of halogens is 4. The Labute approximate surface area is 165 Å². The molecule has 1 atom stereocenters. The van der Waals surface area contributed by atoms with Gasteiger partial charge in [-0.25, -0.2) is 0 Å². The smallest absolute Gasteiger partial charge is 0.427 e. The SMILES string of the molecule is O=C(c1ccccc1OC(F)(F)C(F)F)N(Cc1ccccn1)CC1CCCO1. The van der Waals surface area contributed by atoms with Crippen molar-refractivity contribution in [3.63, 3.8) is 0 Å². The second kappa shape index (κ2) is 9.21. The van der Waals surface area contributed by atoms with Gasteiger partial charge in [0.2, 0.25) is 0 Å². The van der Waals surface area contributed by atoms with E-state index >= 15 is 0 Å². The average molecular weight is 412 g/mol. The number of aromatic nitrogens is 1. The fourth-order valence-electron chi connectivity index (χ4n) is 3.03. The van der Waals surface area contributed by atoms with E-state index in [-0.39, 0.29) is 24.8 Å². The van der Waals surface area contributed by atoms with Gasteiger partial charge in [-0.05, 0) is 37.1 Å². The van der Waals surface area contributed by atoms with Gasteiger partial charge in [0.15, 0.2) is 0 Å². The summed E-state index contributed by atoms with van der Waals surface area (Å²) in [7, 11) is 0. The number of hydrogen-bond donors (Lipinski definition) is 0. The highest BCUT2D eigenvalue weighted by Crippen LogP contribution is 2.31. The molecule has 1 fully saturated rings. The lowest BCUT2D eigenvalue weighted by Crippen LogP contribution is -2.38. The van der Waals surface area contributed by atoms with Crippen LogP contribution in [0.5, 0.6) is 5.75 Å². The molecule has 0 aliphatic carbocycles. The van der Waals surface area contributed by atoms with Crippen molar-refractivity contribution in [1.29, 1.82) is 0 Å². The summed E-state index contributed by atoms with van der Waals surface area (Å²) in [6, 6.07) is 10.3. The number of carbonyl (C=O) groups is 1. The summed E-state index contributed by atoms with van der Waals surface area (Å²) >= 11 is 0. The van der Waals surface area contributed by atoms with E-state index in [1.807, 2.05) is 0 Å². The minimum atomic E-state index is -4.71. The van der Waals surface area contributed by atoms with Crippen LogP contribution in [-0.4, -0.2) is 47.6 Å². The fraction of sp³-hybridized carbons (Fsp3) is 0.400. The highest BCUT2D eigenvalue weighted by Gasteiger charge is 2.44. The molecule has 0 N–H and O–H groups in total. The highest BCUT2D eigenvalue weighted by atomic mass is 19.3. The Morgan fingerprint density at radius 1 is 1.24 bits per heavy atom. The molecular weight excluding hydrogens is 392 g/mol. The van der Waals surface area contributed by atoms with Crippen LogP contribution in [0.4, 0.5) is 17.6 Å². The Bertz CT molecular complexity index is 814. The van der Waals surface area contributed by atoms with E-state index in [1.54, 1.807) is 24.4 Å². The van der Waals surface area contributed by atoms with Gasteiger partial charge in [0, 0.05) is 19.3 Å². The van der Waals surface area contributed by atoms with Crippen LogP contribution < -0.4 is 4.74 Å². The van der Waals surface area contributed by atoms with Crippen molar-refractivity contribution in [2.75, 3.05) is 13.2 Å². The summed E-state index contributed by atoms with van der Waals surface area (Å²) in [4.78, 5) is 18.7. The number of rotatable bonds is 8. The molecular formula is C20H20F4N2O3. The van der Waals surface area contributed by atoms with Gasteiger partial charge in [0.25, 0.3) is 5.91 Å². The summed E-state index contributed by atoms with van der Waals surface area (Å²) in [5.41, 5.74) is 0.358. The number of ether oxygens (including phenoxy) is 2. The van der Waals surface area contributed by atoms with Gasteiger partial charge in [0.1, 0.15) is 5.75 Å². The predicted molar refractivity (Wildman–Crippen MR) is 96.0 cm³/mol. The first-order valence-corrected chi connectivity index (χ1v) is 9.11. The molecule has 2 heterocycles. The predicted octanol–water partition coefficient (Wildman–Crippen LogP) is 4.14. The van der Waals surface area contributed by atoms with Crippen molar-refractivity contribution in [3.8, 4) is 5.75 Å². The Morgan fingerprint density at radius 2 is 2.00 bits per heavy atom. The number of para-hydroxylation sites is 1. The molecule has 9 heteroatoms. The Morgan fingerprint density at radius 3 is 2.66 bits per heavy atom. The van der Waals surface area contributed by atoms with Crippen LogP contribution in [0.25, 0.3) is 0 Å². The first kappa shape index (κ1) is 21.0. The molecule has 1 aliphatic heterocycles. The molecule has 1 saturated heterocycles. The first-order valence-electron chi connectivity index (χ1n) is 9.11. The van der Waals surface area contributed by atoms with Crippen LogP contribution in [0.3, 0.4) is 0 Å². The highest BCUT2D eigenvalue weighted by molar-refractivity contribution is 5.97. The van der Waals surface area contributed by atoms with Gasteiger partial charge < -0.3 is 14.4 Å². The van der Waals surface area contributed by atoms with Crippen LogP contribution in [-0.2, 0) is 11.3 Å². The average Bonchev–Trinajstić information content (AvgIpc) is 3.21. The van der Waals surface area contributed by atoms with Crippen LogP contribution in [0.2, 0.25) is 0 Å². The number of alkyl halides is 4.